The van der Waals surface area contributed by atoms with E-state index in [0.717, 1.165) is 29.2 Å². The summed E-state index contributed by atoms with van der Waals surface area (Å²) < 4.78 is 10.0. The van der Waals surface area contributed by atoms with Crippen molar-refractivity contribution in [1.29, 1.82) is 0 Å². The van der Waals surface area contributed by atoms with Gasteiger partial charge in [-0.15, -0.1) is 11.3 Å². The number of rotatable bonds is 9. The Balaban J connectivity index is 2.12. The van der Waals surface area contributed by atoms with Gasteiger partial charge in [0.15, 0.2) is 5.16 Å². The summed E-state index contributed by atoms with van der Waals surface area (Å²) in [6.07, 6.45) is 0.0258. The van der Waals surface area contributed by atoms with E-state index in [9.17, 15) is 24.3 Å². The van der Waals surface area contributed by atoms with Crippen molar-refractivity contribution < 1.29 is 29.0 Å². The summed E-state index contributed by atoms with van der Waals surface area (Å²) in [6.45, 7) is 5.23. The highest BCUT2D eigenvalue weighted by atomic mass is 32.2. The van der Waals surface area contributed by atoms with Crippen LogP contribution in [0.3, 0.4) is 0 Å². The molecule has 0 aliphatic heterocycles. The predicted molar refractivity (Wildman–Crippen MR) is 111 cm³/mol. The van der Waals surface area contributed by atoms with Gasteiger partial charge >= 0.3 is 11.9 Å². The van der Waals surface area contributed by atoms with E-state index in [1.54, 1.807) is 20.8 Å². The summed E-state index contributed by atoms with van der Waals surface area (Å²) in [5.74, 6) is -1.80. The first-order chi connectivity index (χ1) is 14.3. The topological polar surface area (TPSA) is 148 Å². The normalized spacial score (nSPS) is 10.5. The smallest absolute Gasteiger partial charge is 0.348 e. The van der Waals surface area contributed by atoms with Crippen LogP contribution in [0.4, 0.5) is 5.00 Å². The van der Waals surface area contributed by atoms with E-state index >= 15 is 0 Å². The molecular weight excluding hydrogens is 434 g/mol. The zero-order valence-corrected chi connectivity index (χ0v) is 18.2. The van der Waals surface area contributed by atoms with Gasteiger partial charge in [-0.1, -0.05) is 11.8 Å². The number of ether oxygens (including phenoxy) is 2. The van der Waals surface area contributed by atoms with Crippen LogP contribution in [-0.4, -0.2) is 51.9 Å². The zero-order valence-electron chi connectivity index (χ0n) is 16.6. The molecule has 0 saturated heterocycles. The van der Waals surface area contributed by atoms with Crippen molar-refractivity contribution >= 4 is 45.9 Å². The number of nitrogens with zero attached hydrogens (tertiary/aromatic N) is 1. The van der Waals surface area contributed by atoms with Gasteiger partial charge in [0.1, 0.15) is 9.88 Å². The number of esters is 2. The molecule has 0 aliphatic rings. The highest BCUT2D eigenvalue weighted by Crippen LogP contribution is 2.34. The summed E-state index contributed by atoms with van der Waals surface area (Å²) in [5, 5.41) is 12.3. The summed E-state index contributed by atoms with van der Waals surface area (Å²) in [4.78, 5) is 54.5. The van der Waals surface area contributed by atoms with Crippen LogP contribution in [-0.2, 0) is 14.3 Å². The number of amides is 1. The molecule has 1 amide bonds. The number of carbonyl (C=O) groups excluding carboxylic acids is 3. The molecule has 0 aliphatic carbocycles. The molecule has 0 unspecified atom stereocenters. The van der Waals surface area contributed by atoms with Crippen LogP contribution in [0.5, 0.6) is 5.88 Å². The minimum Gasteiger partial charge on any atom is -0.493 e. The maximum atomic E-state index is 12.4. The van der Waals surface area contributed by atoms with Gasteiger partial charge in [0, 0.05) is 12.2 Å². The third-order valence-electron chi connectivity index (χ3n) is 3.61. The molecule has 0 spiro atoms. The first-order valence-corrected chi connectivity index (χ1v) is 10.8. The number of thiophene rings is 1. The molecule has 2 aromatic heterocycles. The fourth-order valence-electron chi connectivity index (χ4n) is 2.36. The highest BCUT2D eigenvalue weighted by molar-refractivity contribution is 7.99. The second-order valence-electron chi connectivity index (χ2n) is 5.76. The van der Waals surface area contributed by atoms with Crippen molar-refractivity contribution in [2.24, 2.45) is 0 Å². The van der Waals surface area contributed by atoms with Crippen LogP contribution < -0.4 is 10.9 Å². The lowest BCUT2D eigenvalue weighted by Crippen LogP contribution is -2.15. The molecule has 2 heterocycles. The van der Waals surface area contributed by atoms with Gasteiger partial charge in [-0.3, -0.25) is 9.59 Å². The monoisotopic (exact) mass is 455 g/mol. The molecule has 0 fully saturated rings. The third-order valence-corrected chi connectivity index (χ3v) is 5.68. The summed E-state index contributed by atoms with van der Waals surface area (Å²) in [5.41, 5.74) is -0.0120. The molecule has 12 heteroatoms. The fourth-order valence-corrected chi connectivity index (χ4v) is 4.28. The molecule has 3 N–H and O–H groups in total. The van der Waals surface area contributed by atoms with Crippen molar-refractivity contribution in [3.63, 3.8) is 0 Å². The Kier molecular flexibility index (Phi) is 8.42. The maximum Gasteiger partial charge on any atom is 0.348 e. The highest BCUT2D eigenvalue weighted by Gasteiger charge is 2.27. The third kappa shape index (κ3) is 6.07. The average molecular weight is 456 g/mol. The van der Waals surface area contributed by atoms with Gasteiger partial charge < -0.3 is 24.9 Å². The molecule has 0 atom stereocenters. The van der Waals surface area contributed by atoms with Crippen LogP contribution in [0, 0.1) is 6.92 Å². The second-order valence-corrected chi connectivity index (χ2v) is 7.86. The number of aromatic nitrogens is 2. The maximum absolute atomic E-state index is 12.4. The second kappa shape index (κ2) is 10.8. The molecule has 0 saturated carbocycles. The number of carbonyl (C=O) groups is 3. The Morgan fingerprint density at radius 2 is 1.90 bits per heavy atom. The van der Waals surface area contributed by atoms with E-state index in [1.807, 2.05) is 0 Å². The van der Waals surface area contributed by atoms with Crippen LogP contribution in [0.2, 0.25) is 0 Å². The Labute approximate surface area is 180 Å². The van der Waals surface area contributed by atoms with Gasteiger partial charge in [0.05, 0.1) is 24.8 Å². The molecule has 30 heavy (non-hydrogen) atoms. The lowest BCUT2D eigenvalue weighted by molar-refractivity contribution is -0.115. The first-order valence-electron chi connectivity index (χ1n) is 8.97. The number of aromatic hydroxyl groups is 1. The molecule has 0 aromatic carbocycles. The minimum atomic E-state index is -0.645. The van der Waals surface area contributed by atoms with Crippen LogP contribution in [0.1, 0.15) is 45.9 Å². The SMILES string of the molecule is CCOC(=O)c1sc(NC(=O)CCSc2nc(O)cc(=O)[nH]2)c(C(=O)OCC)c1C. The summed E-state index contributed by atoms with van der Waals surface area (Å²) in [6, 6.07) is 0.938. The molecule has 2 aromatic rings. The van der Waals surface area contributed by atoms with E-state index in [2.05, 4.69) is 15.3 Å². The number of hydrogen-bond donors (Lipinski definition) is 3. The Morgan fingerprint density at radius 3 is 2.53 bits per heavy atom. The molecule has 10 nitrogen and oxygen atoms in total. The van der Waals surface area contributed by atoms with E-state index < -0.39 is 29.3 Å². The Morgan fingerprint density at radius 1 is 1.23 bits per heavy atom. The van der Waals surface area contributed by atoms with Crippen molar-refractivity contribution in [2.75, 3.05) is 24.3 Å². The zero-order chi connectivity index (χ0) is 22.3. The standard InChI is InChI=1S/C18H21N3O7S2/c1-4-27-16(25)13-9(3)14(17(26)28-5-2)30-15(13)19-10(22)6-7-29-18-20-11(23)8-12(24)21-18/h8H,4-7H2,1-3H3,(H,19,22)(H2,20,21,23,24). The fraction of sp³-hybridized carbons (Fsp3) is 0.389. The van der Waals surface area contributed by atoms with Crippen LogP contribution >= 0.6 is 23.1 Å². The minimum absolute atomic E-state index is 0.0258. The number of hydrogen-bond acceptors (Lipinski definition) is 10. The van der Waals surface area contributed by atoms with Crippen molar-refractivity contribution in [1.82, 2.24) is 9.97 Å². The Hall–Kier alpha value is -2.86. The first kappa shape index (κ1) is 23.4. The van der Waals surface area contributed by atoms with Crippen molar-refractivity contribution in [3.8, 4) is 5.88 Å². The average Bonchev–Trinajstić information content (AvgIpc) is 2.97. The molecule has 0 bridgehead atoms. The van der Waals surface area contributed by atoms with Gasteiger partial charge in [-0.05, 0) is 26.3 Å². The number of thioether (sulfide) groups is 1. The van der Waals surface area contributed by atoms with Crippen molar-refractivity contribution in [3.05, 3.63) is 32.4 Å². The number of aromatic amines is 1. The number of H-pyrrole nitrogens is 1. The van der Waals surface area contributed by atoms with Crippen LogP contribution in [0.25, 0.3) is 0 Å². The molecule has 0 radical (unpaired) electrons. The Bertz CT molecular complexity index is 1000. The van der Waals surface area contributed by atoms with Crippen molar-refractivity contribution in [2.45, 2.75) is 32.3 Å². The van der Waals surface area contributed by atoms with E-state index in [0.29, 0.717) is 5.56 Å². The summed E-state index contributed by atoms with van der Waals surface area (Å²) in [7, 11) is 0. The van der Waals surface area contributed by atoms with E-state index in [1.165, 1.54) is 0 Å². The largest absolute Gasteiger partial charge is 0.493 e. The molecule has 162 valence electrons. The molecular formula is C18H21N3O7S2. The predicted octanol–water partition coefficient (Wildman–Crippen LogP) is 2.32. The van der Waals surface area contributed by atoms with Gasteiger partial charge in [-0.25, -0.2) is 9.59 Å². The lowest BCUT2D eigenvalue weighted by atomic mass is 10.1. The quantitative estimate of drug-likeness (QED) is 0.294. The number of nitrogens with one attached hydrogen (secondary N) is 2. The van der Waals surface area contributed by atoms with E-state index in [-0.39, 0.29) is 46.0 Å². The number of anilines is 1. The molecule has 2 rings (SSSR count). The van der Waals surface area contributed by atoms with Gasteiger partial charge in [-0.2, -0.15) is 4.98 Å². The van der Waals surface area contributed by atoms with Gasteiger partial charge in [0.25, 0.3) is 5.56 Å². The van der Waals surface area contributed by atoms with E-state index in [4.69, 9.17) is 9.47 Å². The summed E-state index contributed by atoms with van der Waals surface area (Å²) >= 11 is 2.02. The van der Waals surface area contributed by atoms with Gasteiger partial charge in [0.2, 0.25) is 11.8 Å². The lowest BCUT2D eigenvalue weighted by Gasteiger charge is -2.07. The van der Waals surface area contributed by atoms with Crippen LogP contribution in [0.15, 0.2) is 16.0 Å².